The van der Waals surface area contributed by atoms with Gasteiger partial charge in [0.2, 0.25) is 5.95 Å². The third-order valence-corrected chi connectivity index (χ3v) is 4.79. The van der Waals surface area contributed by atoms with Crippen molar-refractivity contribution in [3.8, 4) is 0 Å². The molecule has 7 nitrogen and oxygen atoms in total. The summed E-state index contributed by atoms with van der Waals surface area (Å²) in [5.74, 6) is 0.0627. The molecule has 1 N–H and O–H groups in total. The Bertz CT molecular complexity index is 998. The predicted octanol–water partition coefficient (Wildman–Crippen LogP) is 3.42. The SMILES string of the molecule is CCOC(=O)C1=C(c2ccccc2)Nc2nnnn2[C@H]1c1ccc(Br)cc1. The van der Waals surface area contributed by atoms with Crippen LogP contribution >= 0.6 is 15.9 Å². The van der Waals surface area contributed by atoms with Gasteiger partial charge < -0.3 is 10.1 Å². The minimum Gasteiger partial charge on any atom is -0.463 e. The lowest BCUT2D eigenvalue weighted by Gasteiger charge is -2.28. The number of benzene rings is 2. The zero-order valence-corrected chi connectivity index (χ0v) is 16.0. The van der Waals surface area contributed by atoms with Gasteiger partial charge in [-0.1, -0.05) is 63.5 Å². The largest absolute Gasteiger partial charge is 0.463 e. The van der Waals surface area contributed by atoms with Crippen molar-refractivity contribution < 1.29 is 9.53 Å². The van der Waals surface area contributed by atoms with Crippen LogP contribution in [0.4, 0.5) is 5.95 Å². The zero-order chi connectivity index (χ0) is 18.8. The Balaban J connectivity index is 1.95. The third kappa shape index (κ3) is 3.23. The van der Waals surface area contributed by atoms with E-state index >= 15 is 0 Å². The second-order valence-corrected chi connectivity index (χ2v) is 6.82. The van der Waals surface area contributed by atoms with Crippen LogP contribution in [0, 0.1) is 0 Å². The monoisotopic (exact) mass is 425 g/mol. The van der Waals surface area contributed by atoms with E-state index in [1.807, 2.05) is 54.6 Å². The van der Waals surface area contributed by atoms with Crippen LogP contribution in [0.5, 0.6) is 0 Å². The summed E-state index contributed by atoms with van der Waals surface area (Å²) in [5, 5.41) is 15.1. The zero-order valence-electron chi connectivity index (χ0n) is 14.5. The highest BCUT2D eigenvalue weighted by Crippen LogP contribution is 2.38. The fourth-order valence-electron chi connectivity index (χ4n) is 3.10. The lowest BCUT2D eigenvalue weighted by Crippen LogP contribution is -2.30. The molecule has 0 unspecified atom stereocenters. The van der Waals surface area contributed by atoms with Crippen molar-refractivity contribution in [3.63, 3.8) is 0 Å². The average molecular weight is 426 g/mol. The standard InChI is InChI=1S/C19H16BrN5O2/c1-2-27-18(26)15-16(12-6-4-3-5-7-12)21-19-22-23-24-25(19)17(15)13-8-10-14(20)11-9-13/h3-11,17H,2H2,1H3,(H,21,22,24)/t17-/m0/s1. The minimum absolute atomic E-state index is 0.278. The number of carbonyl (C=O) groups excluding carboxylic acids is 1. The summed E-state index contributed by atoms with van der Waals surface area (Å²) < 4.78 is 7.92. The number of carbonyl (C=O) groups is 1. The molecule has 8 heteroatoms. The van der Waals surface area contributed by atoms with Crippen molar-refractivity contribution >= 4 is 33.5 Å². The fourth-order valence-corrected chi connectivity index (χ4v) is 3.36. The molecule has 136 valence electrons. The maximum Gasteiger partial charge on any atom is 0.338 e. The van der Waals surface area contributed by atoms with Crippen molar-refractivity contribution in [1.29, 1.82) is 0 Å². The van der Waals surface area contributed by atoms with Crippen LogP contribution < -0.4 is 5.32 Å². The number of halogens is 1. The molecule has 0 saturated carbocycles. The van der Waals surface area contributed by atoms with Crippen LogP contribution in [-0.2, 0) is 9.53 Å². The predicted molar refractivity (Wildman–Crippen MR) is 104 cm³/mol. The summed E-state index contributed by atoms with van der Waals surface area (Å²) in [6, 6.07) is 16.8. The molecule has 0 amide bonds. The van der Waals surface area contributed by atoms with Gasteiger partial charge in [0.05, 0.1) is 17.9 Å². The van der Waals surface area contributed by atoms with E-state index in [0.29, 0.717) is 17.2 Å². The van der Waals surface area contributed by atoms with Crippen molar-refractivity contribution in [3.05, 3.63) is 75.8 Å². The first-order valence-electron chi connectivity index (χ1n) is 8.46. The molecule has 0 saturated heterocycles. The Morgan fingerprint density at radius 2 is 1.93 bits per heavy atom. The van der Waals surface area contributed by atoms with Crippen molar-refractivity contribution in [2.24, 2.45) is 0 Å². The van der Waals surface area contributed by atoms with Gasteiger partial charge in [0.25, 0.3) is 0 Å². The number of nitrogens with one attached hydrogen (secondary N) is 1. The number of hydrogen-bond donors (Lipinski definition) is 1. The normalized spacial score (nSPS) is 15.9. The summed E-state index contributed by atoms with van der Waals surface area (Å²) >= 11 is 3.45. The number of tetrazole rings is 1. The van der Waals surface area contributed by atoms with E-state index in [0.717, 1.165) is 15.6 Å². The number of anilines is 1. The Labute approximate surface area is 164 Å². The second-order valence-electron chi connectivity index (χ2n) is 5.90. The molecular formula is C19H16BrN5O2. The number of rotatable bonds is 4. The lowest BCUT2D eigenvalue weighted by molar-refractivity contribution is -0.138. The van der Waals surface area contributed by atoms with Crippen LogP contribution in [0.1, 0.15) is 24.1 Å². The maximum absolute atomic E-state index is 13.0. The number of hydrogen-bond acceptors (Lipinski definition) is 6. The highest BCUT2D eigenvalue weighted by Gasteiger charge is 2.36. The van der Waals surface area contributed by atoms with E-state index in [1.165, 1.54) is 0 Å². The first-order valence-corrected chi connectivity index (χ1v) is 9.25. The molecule has 2 heterocycles. The van der Waals surface area contributed by atoms with Crippen LogP contribution in [0.2, 0.25) is 0 Å². The molecule has 1 aliphatic rings. The molecule has 0 aliphatic carbocycles. The molecule has 2 aromatic carbocycles. The molecule has 27 heavy (non-hydrogen) atoms. The van der Waals surface area contributed by atoms with Gasteiger partial charge in [0.15, 0.2) is 0 Å². The van der Waals surface area contributed by atoms with Gasteiger partial charge in [0.1, 0.15) is 6.04 Å². The number of aromatic nitrogens is 4. The summed E-state index contributed by atoms with van der Waals surface area (Å²) in [7, 11) is 0. The number of nitrogens with zero attached hydrogens (tertiary/aromatic N) is 4. The van der Waals surface area contributed by atoms with Crippen LogP contribution in [0.15, 0.2) is 64.6 Å². The van der Waals surface area contributed by atoms with E-state index < -0.39 is 12.0 Å². The highest BCUT2D eigenvalue weighted by atomic mass is 79.9. The molecule has 1 aromatic heterocycles. The minimum atomic E-state index is -0.501. The smallest absolute Gasteiger partial charge is 0.338 e. The first kappa shape index (κ1) is 17.4. The van der Waals surface area contributed by atoms with Crippen LogP contribution in [0.25, 0.3) is 5.70 Å². The molecule has 4 rings (SSSR count). The van der Waals surface area contributed by atoms with Gasteiger partial charge in [-0.2, -0.15) is 4.68 Å². The molecule has 1 aliphatic heterocycles. The first-order chi connectivity index (χ1) is 13.2. The number of fused-ring (bicyclic) bond motifs is 1. The third-order valence-electron chi connectivity index (χ3n) is 4.26. The van der Waals surface area contributed by atoms with E-state index in [-0.39, 0.29) is 6.61 Å². The quantitative estimate of drug-likeness (QED) is 0.644. The second kappa shape index (κ2) is 7.32. The summed E-state index contributed by atoms with van der Waals surface area (Å²) in [6.45, 7) is 2.06. The van der Waals surface area contributed by atoms with E-state index in [4.69, 9.17) is 4.74 Å². The number of ether oxygens (including phenoxy) is 1. The molecule has 3 aromatic rings. The van der Waals surface area contributed by atoms with Gasteiger partial charge in [-0.15, -0.1) is 0 Å². The van der Waals surface area contributed by atoms with E-state index in [2.05, 4.69) is 36.8 Å². The van der Waals surface area contributed by atoms with Gasteiger partial charge in [-0.25, -0.2) is 4.79 Å². The van der Waals surface area contributed by atoms with Gasteiger partial charge >= 0.3 is 5.97 Å². The average Bonchev–Trinajstić information content (AvgIpc) is 3.16. The Morgan fingerprint density at radius 3 is 2.63 bits per heavy atom. The molecule has 0 radical (unpaired) electrons. The Hall–Kier alpha value is -3.00. The topological polar surface area (TPSA) is 81.9 Å². The summed E-state index contributed by atoms with van der Waals surface area (Å²) in [5.41, 5.74) is 2.84. The van der Waals surface area contributed by atoms with Crippen molar-refractivity contribution in [2.45, 2.75) is 13.0 Å². The summed E-state index contributed by atoms with van der Waals surface area (Å²) in [4.78, 5) is 13.0. The fraction of sp³-hybridized carbons (Fsp3) is 0.158. The molecular weight excluding hydrogens is 410 g/mol. The Kier molecular flexibility index (Phi) is 4.72. The van der Waals surface area contributed by atoms with Crippen molar-refractivity contribution in [1.82, 2.24) is 20.2 Å². The van der Waals surface area contributed by atoms with Crippen LogP contribution in [0.3, 0.4) is 0 Å². The molecule has 0 bridgehead atoms. The van der Waals surface area contributed by atoms with Gasteiger partial charge in [-0.3, -0.25) is 0 Å². The number of esters is 1. The van der Waals surface area contributed by atoms with Crippen molar-refractivity contribution in [2.75, 3.05) is 11.9 Å². The van der Waals surface area contributed by atoms with Gasteiger partial charge in [0, 0.05) is 4.47 Å². The molecule has 1 atom stereocenters. The Morgan fingerprint density at radius 1 is 1.19 bits per heavy atom. The summed E-state index contributed by atoms with van der Waals surface area (Å²) in [6.07, 6.45) is 0. The lowest BCUT2D eigenvalue weighted by atomic mass is 9.93. The highest BCUT2D eigenvalue weighted by molar-refractivity contribution is 9.10. The molecule has 0 fully saturated rings. The maximum atomic E-state index is 13.0. The van der Waals surface area contributed by atoms with Gasteiger partial charge in [-0.05, 0) is 40.6 Å². The molecule has 0 spiro atoms. The van der Waals surface area contributed by atoms with Crippen LogP contribution in [-0.4, -0.2) is 32.8 Å². The van der Waals surface area contributed by atoms with E-state index in [9.17, 15) is 4.79 Å². The van der Waals surface area contributed by atoms with E-state index in [1.54, 1.807) is 11.6 Å².